The lowest BCUT2D eigenvalue weighted by atomic mass is 10.1. The maximum Gasteiger partial charge on any atom is 0.573 e. The van der Waals surface area contributed by atoms with E-state index in [2.05, 4.69) is 4.74 Å². The molecule has 0 saturated heterocycles. The molecule has 2 aromatic carbocycles. The summed E-state index contributed by atoms with van der Waals surface area (Å²) in [6.45, 7) is 7.29. The monoisotopic (exact) mass is 400 g/mol. The number of ether oxygens (including phenoxy) is 1. The Morgan fingerprint density at radius 1 is 0.808 bits per heavy atom. The van der Waals surface area contributed by atoms with Crippen LogP contribution in [0.3, 0.4) is 0 Å². The van der Waals surface area contributed by atoms with Crippen LogP contribution in [0.25, 0.3) is 0 Å². The van der Waals surface area contributed by atoms with Gasteiger partial charge < -0.3 is 4.74 Å². The average Bonchev–Trinajstić information content (AvgIpc) is 2.51. The van der Waals surface area contributed by atoms with Gasteiger partial charge in [-0.05, 0) is 37.6 Å². The number of benzene rings is 2. The van der Waals surface area contributed by atoms with Gasteiger partial charge in [-0.25, -0.2) is 0 Å². The fourth-order valence-corrected chi connectivity index (χ4v) is 1.79. The van der Waals surface area contributed by atoms with E-state index < -0.39 is 18.1 Å². The molecule has 0 spiro atoms. The Labute approximate surface area is 153 Å². The molecule has 0 N–H and O–H groups in total. The normalized spacial score (nSPS) is 10.9. The van der Waals surface area contributed by atoms with E-state index in [1.807, 2.05) is 13.8 Å². The fourth-order valence-electron chi connectivity index (χ4n) is 1.63. The van der Waals surface area contributed by atoms with Gasteiger partial charge in [-0.1, -0.05) is 55.3 Å². The van der Waals surface area contributed by atoms with Crippen molar-refractivity contribution in [1.29, 1.82) is 0 Å². The third-order valence-corrected chi connectivity index (χ3v) is 2.97. The minimum absolute atomic E-state index is 0.0528. The van der Waals surface area contributed by atoms with Crippen LogP contribution in [0.4, 0.5) is 26.3 Å². The molecule has 0 unspecified atom stereocenters. The number of hydrogen-bond donors (Lipinski definition) is 0. The molecule has 0 saturated carbocycles. The topological polar surface area (TPSA) is 9.23 Å². The maximum atomic E-state index is 12.0. The summed E-state index contributed by atoms with van der Waals surface area (Å²) in [5.74, 6) is -0.367. The summed E-state index contributed by atoms with van der Waals surface area (Å²) in [4.78, 5) is 0. The lowest BCUT2D eigenvalue weighted by Crippen LogP contribution is -2.17. The Morgan fingerprint density at radius 3 is 1.77 bits per heavy atom. The Kier molecular flexibility index (Phi) is 9.56. The number of aryl methyl sites for hydroxylation is 2. The van der Waals surface area contributed by atoms with Crippen molar-refractivity contribution in [2.75, 3.05) is 0 Å². The second-order valence-corrected chi connectivity index (χ2v) is 5.26. The van der Waals surface area contributed by atoms with Crippen molar-refractivity contribution in [2.45, 2.75) is 40.2 Å². The van der Waals surface area contributed by atoms with Crippen LogP contribution in [0.2, 0.25) is 5.02 Å². The Morgan fingerprint density at radius 2 is 1.35 bits per heavy atom. The van der Waals surface area contributed by atoms with Gasteiger partial charge in [0.05, 0.1) is 10.6 Å². The molecule has 2 rings (SSSR count). The highest BCUT2D eigenvalue weighted by Gasteiger charge is 2.32. The Bertz CT molecular complexity index is 680. The molecule has 0 aromatic heterocycles. The first-order valence-electron chi connectivity index (χ1n) is 7.54. The van der Waals surface area contributed by atoms with E-state index >= 15 is 0 Å². The minimum Gasteiger partial charge on any atom is -0.404 e. The molecule has 0 radical (unpaired) electrons. The highest BCUT2D eigenvalue weighted by Crippen LogP contribution is 2.30. The quantitative estimate of drug-likeness (QED) is 0.448. The van der Waals surface area contributed by atoms with Gasteiger partial charge in [0.15, 0.2) is 0 Å². The molecule has 146 valence electrons. The minimum atomic E-state index is -4.70. The summed E-state index contributed by atoms with van der Waals surface area (Å²) in [6, 6.07) is 9.42. The molecular formula is C18H19ClF6O. The number of halogens is 7. The average molecular weight is 401 g/mol. The van der Waals surface area contributed by atoms with Gasteiger partial charge in [0.1, 0.15) is 5.75 Å². The molecule has 1 nitrogen and oxygen atoms in total. The first kappa shape index (κ1) is 24.1. The van der Waals surface area contributed by atoms with E-state index in [-0.39, 0.29) is 10.8 Å². The van der Waals surface area contributed by atoms with E-state index in [0.717, 1.165) is 12.1 Å². The summed E-state index contributed by atoms with van der Waals surface area (Å²) in [5, 5.41) is -0.0528. The maximum absolute atomic E-state index is 12.0. The molecule has 0 heterocycles. The molecule has 0 amide bonds. The van der Waals surface area contributed by atoms with Crippen LogP contribution in [0.15, 0.2) is 42.5 Å². The van der Waals surface area contributed by atoms with E-state index in [1.54, 1.807) is 26.0 Å². The van der Waals surface area contributed by atoms with E-state index in [4.69, 9.17) is 11.6 Å². The highest BCUT2D eigenvalue weighted by molar-refractivity contribution is 6.32. The van der Waals surface area contributed by atoms with Gasteiger partial charge in [0, 0.05) is 0 Å². The molecule has 8 heteroatoms. The summed E-state index contributed by atoms with van der Waals surface area (Å²) in [5.41, 5.74) is 0.695. The van der Waals surface area contributed by atoms with Crippen LogP contribution >= 0.6 is 11.6 Å². The number of hydrogen-bond acceptors (Lipinski definition) is 1. The zero-order valence-corrected chi connectivity index (χ0v) is 15.4. The van der Waals surface area contributed by atoms with Crippen LogP contribution in [0.5, 0.6) is 5.75 Å². The van der Waals surface area contributed by atoms with Gasteiger partial charge in [-0.2, -0.15) is 13.2 Å². The van der Waals surface area contributed by atoms with Crippen LogP contribution < -0.4 is 4.74 Å². The molecule has 26 heavy (non-hydrogen) atoms. The summed E-state index contributed by atoms with van der Waals surface area (Å²) < 4.78 is 74.9. The molecular weight excluding hydrogens is 382 g/mol. The molecule has 0 fully saturated rings. The van der Waals surface area contributed by atoms with Crippen LogP contribution in [0, 0.1) is 13.8 Å². The van der Waals surface area contributed by atoms with Crippen molar-refractivity contribution in [1.82, 2.24) is 0 Å². The summed E-state index contributed by atoms with van der Waals surface area (Å²) >= 11 is 5.48. The van der Waals surface area contributed by atoms with Crippen molar-refractivity contribution in [2.24, 2.45) is 0 Å². The predicted octanol–water partition coefficient (Wildman–Crippen LogP) is 7.59. The molecule has 0 aliphatic heterocycles. The number of alkyl halides is 6. The highest BCUT2D eigenvalue weighted by atomic mass is 35.5. The van der Waals surface area contributed by atoms with Gasteiger partial charge in [0.2, 0.25) is 0 Å². The summed E-state index contributed by atoms with van der Waals surface area (Å²) in [6.07, 6.45) is -8.91. The van der Waals surface area contributed by atoms with Crippen molar-refractivity contribution in [3.8, 4) is 5.75 Å². The van der Waals surface area contributed by atoms with Crippen LogP contribution in [-0.2, 0) is 6.18 Å². The first-order valence-corrected chi connectivity index (χ1v) is 7.92. The SMILES string of the molecule is CC.Cc1ccc(Cl)c(OC(F)(F)F)c1.Cc1cccc(C(F)(F)F)c1. The van der Waals surface area contributed by atoms with Gasteiger partial charge in [-0.3, -0.25) is 0 Å². The summed E-state index contributed by atoms with van der Waals surface area (Å²) in [7, 11) is 0. The number of rotatable bonds is 1. The van der Waals surface area contributed by atoms with E-state index in [9.17, 15) is 26.3 Å². The Balaban J connectivity index is 0.000000444. The molecule has 0 bridgehead atoms. The predicted molar refractivity (Wildman–Crippen MR) is 90.4 cm³/mol. The van der Waals surface area contributed by atoms with E-state index in [1.165, 1.54) is 18.2 Å². The Hall–Kier alpha value is -1.89. The smallest absolute Gasteiger partial charge is 0.404 e. The third kappa shape index (κ3) is 9.56. The molecule has 0 aliphatic rings. The lowest BCUT2D eigenvalue weighted by molar-refractivity contribution is -0.274. The van der Waals surface area contributed by atoms with Gasteiger partial charge >= 0.3 is 12.5 Å². The second-order valence-electron chi connectivity index (χ2n) is 4.85. The van der Waals surface area contributed by atoms with Crippen molar-refractivity contribution < 1.29 is 31.1 Å². The second kappa shape index (κ2) is 10.3. The van der Waals surface area contributed by atoms with Crippen molar-refractivity contribution in [3.05, 3.63) is 64.2 Å². The zero-order chi connectivity index (χ0) is 20.5. The largest absolute Gasteiger partial charge is 0.573 e. The molecule has 0 aliphatic carbocycles. The lowest BCUT2D eigenvalue weighted by Gasteiger charge is -2.10. The van der Waals surface area contributed by atoms with Crippen LogP contribution in [-0.4, -0.2) is 6.36 Å². The van der Waals surface area contributed by atoms with Gasteiger partial charge in [-0.15, -0.1) is 13.2 Å². The fraction of sp³-hybridized carbons (Fsp3) is 0.333. The first-order chi connectivity index (χ1) is 11.9. The molecule has 0 atom stereocenters. The van der Waals surface area contributed by atoms with Crippen molar-refractivity contribution >= 4 is 11.6 Å². The van der Waals surface area contributed by atoms with E-state index in [0.29, 0.717) is 11.1 Å². The molecule has 2 aromatic rings. The third-order valence-electron chi connectivity index (χ3n) is 2.66. The van der Waals surface area contributed by atoms with Crippen LogP contribution in [0.1, 0.15) is 30.5 Å². The zero-order valence-electron chi connectivity index (χ0n) is 14.6. The van der Waals surface area contributed by atoms with Gasteiger partial charge in [0.25, 0.3) is 0 Å². The standard InChI is InChI=1S/C8H6ClF3O.C8H7F3.C2H6/c1-5-2-3-6(9)7(4-5)13-8(10,11)12;1-6-3-2-4-7(5-6)8(9,10)11;1-2/h2-4H,1H3;2-5H,1H3;1-2H3. The van der Waals surface area contributed by atoms with Crippen molar-refractivity contribution in [3.63, 3.8) is 0 Å².